The Hall–Kier alpha value is -2.61. The Morgan fingerprint density at radius 1 is 0.971 bits per heavy atom. The van der Waals surface area contributed by atoms with Gasteiger partial charge in [0, 0.05) is 11.4 Å². The maximum Gasteiger partial charge on any atom is 0.244 e. The first-order chi connectivity index (χ1) is 16.6. The predicted octanol–water partition coefficient (Wildman–Crippen LogP) is 5.44. The Bertz CT molecular complexity index is 1230. The molecule has 1 atom stereocenters. The minimum atomic E-state index is -3.88. The highest BCUT2D eigenvalue weighted by atomic mass is 32.2. The topological polar surface area (TPSA) is 66.5 Å². The van der Waals surface area contributed by atoms with Gasteiger partial charge in [-0.15, -0.1) is 11.8 Å². The summed E-state index contributed by atoms with van der Waals surface area (Å²) >= 11 is 1.66. The van der Waals surface area contributed by atoms with E-state index < -0.39 is 10.0 Å². The standard InChI is InChI=1S/C28H34N2O3S2/c1-20-17-21(2)28(22(3)18-20)35(32,33)30(16-15-24-9-7-6-8-10-24)19-27(31)29-23(4)25-11-13-26(34-5)14-12-25/h6-14,17-18,23H,15-16,19H2,1-5H3,(H,29,31)/t23-/m1/s1. The van der Waals surface area contributed by atoms with Gasteiger partial charge in [-0.1, -0.05) is 60.2 Å². The molecule has 35 heavy (non-hydrogen) atoms. The van der Waals surface area contributed by atoms with Gasteiger partial charge in [0.2, 0.25) is 15.9 Å². The quantitative estimate of drug-likeness (QED) is 0.369. The fourth-order valence-corrected chi connectivity index (χ4v) is 6.53. The van der Waals surface area contributed by atoms with E-state index in [0.717, 1.165) is 21.6 Å². The molecular formula is C28H34N2O3S2. The van der Waals surface area contributed by atoms with Crippen molar-refractivity contribution in [1.82, 2.24) is 9.62 Å². The van der Waals surface area contributed by atoms with Crippen molar-refractivity contribution in [2.24, 2.45) is 0 Å². The number of sulfonamides is 1. The second-order valence-corrected chi connectivity index (χ2v) is 11.6. The lowest BCUT2D eigenvalue weighted by Gasteiger charge is -2.25. The van der Waals surface area contributed by atoms with E-state index >= 15 is 0 Å². The first-order valence-corrected chi connectivity index (χ1v) is 14.3. The van der Waals surface area contributed by atoms with Crippen LogP contribution < -0.4 is 5.32 Å². The molecule has 3 aromatic carbocycles. The molecule has 0 bridgehead atoms. The molecule has 0 aliphatic heterocycles. The van der Waals surface area contributed by atoms with E-state index in [9.17, 15) is 13.2 Å². The van der Waals surface area contributed by atoms with Crippen molar-refractivity contribution in [3.05, 3.63) is 94.5 Å². The minimum Gasteiger partial charge on any atom is -0.348 e. The lowest BCUT2D eigenvalue weighted by molar-refractivity contribution is -0.121. The summed E-state index contributed by atoms with van der Waals surface area (Å²) in [5.41, 5.74) is 4.38. The maximum absolute atomic E-state index is 13.8. The highest BCUT2D eigenvalue weighted by molar-refractivity contribution is 7.98. The van der Waals surface area contributed by atoms with Gasteiger partial charge in [0.1, 0.15) is 0 Å². The molecule has 0 radical (unpaired) electrons. The zero-order valence-corrected chi connectivity index (χ0v) is 22.7. The van der Waals surface area contributed by atoms with Crippen LogP contribution in [0.15, 0.2) is 76.5 Å². The highest BCUT2D eigenvalue weighted by Gasteiger charge is 2.30. The van der Waals surface area contributed by atoms with Gasteiger partial charge in [0.05, 0.1) is 17.5 Å². The molecule has 0 unspecified atom stereocenters. The number of amides is 1. The Balaban J connectivity index is 1.84. The van der Waals surface area contributed by atoms with Gasteiger partial charge < -0.3 is 5.32 Å². The third-order valence-electron chi connectivity index (χ3n) is 6.01. The molecule has 1 N–H and O–H groups in total. The number of hydrogen-bond acceptors (Lipinski definition) is 4. The molecule has 186 valence electrons. The molecule has 5 nitrogen and oxygen atoms in total. The number of nitrogens with zero attached hydrogens (tertiary/aromatic N) is 1. The molecule has 0 saturated carbocycles. The normalized spacial score (nSPS) is 12.5. The average molecular weight is 511 g/mol. The van der Waals surface area contributed by atoms with Crippen molar-refractivity contribution in [2.75, 3.05) is 19.3 Å². The molecule has 3 rings (SSSR count). The molecule has 3 aromatic rings. The van der Waals surface area contributed by atoms with E-state index in [1.807, 2.05) is 101 Å². The van der Waals surface area contributed by atoms with Crippen molar-refractivity contribution in [3.8, 4) is 0 Å². The van der Waals surface area contributed by atoms with Crippen molar-refractivity contribution in [1.29, 1.82) is 0 Å². The zero-order chi connectivity index (χ0) is 25.6. The summed E-state index contributed by atoms with van der Waals surface area (Å²) in [6.07, 6.45) is 2.53. The second-order valence-electron chi connectivity index (χ2n) is 8.86. The van der Waals surface area contributed by atoms with Crippen molar-refractivity contribution in [2.45, 2.75) is 49.9 Å². The summed E-state index contributed by atoms with van der Waals surface area (Å²) in [5, 5.41) is 2.97. The third-order valence-corrected chi connectivity index (χ3v) is 8.90. The minimum absolute atomic E-state index is 0.212. The van der Waals surface area contributed by atoms with Crippen LogP contribution in [0.2, 0.25) is 0 Å². The monoisotopic (exact) mass is 510 g/mol. The molecule has 0 aromatic heterocycles. The number of rotatable bonds is 10. The van der Waals surface area contributed by atoms with E-state index in [2.05, 4.69) is 5.32 Å². The van der Waals surface area contributed by atoms with Gasteiger partial charge in [-0.3, -0.25) is 4.79 Å². The van der Waals surface area contributed by atoms with E-state index in [4.69, 9.17) is 0 Å². The van der Waals surface area contributed by atoms with Gasteiger partial charge in [0.15, 0.2) is 0 Å². The molecule has 0 spiro atoms. The van der Waals surface area contributed by atoms with Crippen LogP contribution in [0, 0.1) is 20.8 Å². The van der Waals surface area contributed by atoms with E-state index in [-0.39, 0.29) is 29.9 Å². The van der Waals surface area contributed by atoms with Crippen LogP contribution in [0.1, 0.15) is 40.8 Å². The molecule has 0 saturated heterocycles. The fraction of sp³-hybridized carbons (Fsp3) is 0.321. The van der Waals surface area contributed by atoms with Crippen molar-refractivity contribution in [3.63, 3.8) is 0 Å². The van der Waals surface area contributed by atoms with Crippen LogP contribution in [-0.4, -0.2) is 38.0 Å². The summed E-state index contributed by atoms with van der Waals surface area (Å²) in [6.45, 7) is 7.44. The molecule has 1 amide bonds. The van der Waals surface area contributed by atoms with Gasteiger partial charge >= 0.3 is 0 Å². The Kier molecular flexibility index (Phi) is 9.16. The van der Waals surface area contributed by atoms with Crippen LogP contribution in [0.5, 0.6) is 0 Å². The lowest BCUT2D eigenvalue weighted by atomic mass is 10.1. The molecule has 0 fully saturated rings. The van der Waals surface area contributed by atoms with Gasteiger partial charge in [-0.05, 0) is 74.8 Å². The van der Waals surface area contributed by atoms with Crippen LogP contribution >= 0.6 is 11.8 Å². The van der Waals surface area contributed by atoms with Crippen LogP contribution in [0.3, 0.4) is 0 Å². The molecule has 0 heterocycles. The largest absolute Gasteiger partial charge is 0.348 e. The van der Waals surface area contributed by atoms with Gasteiger partial charge in [0.25, 0.3) is 0 Å². The summed E-state index contributed by atoms with van der Waals surface area (Å²) < 4.78 is 28.9. The molecule has 0 aliphatic rings. The van der Waals surface area contributed by atoms with Gasteiger partial charge in [-0.25, -0.2) is 8.42 Å². The summed E-state index contributed by atoms with van der Waals surface area (Å²) in [4.78, 5) is 14.5. The van der Waals surface area contributed by atoms with Crippen LogP contribution in [0.4, 0.5) is 0 Å². The SMILES string of the molecule is CSc1ccc([C@@H](C)NC(=O)CN(CCc2ccccc2)S(=O)(=O)c2c(C)cc(C)cc2C)cc1. The van der Waals surface area contributed by atoms with E-state index in [1.165, 1.54) is 4.31 Å². The number of benzene rings is 3. The van der Waals surface area contributed by atoms with Crippen molar-refractivity contribution < 1.29 is 13.2 Å². The number of aryl methyl sites for hydroxylation is 3. The van der Waals surface area contributed by atoms with Gasteiger partial charge in [-0.2, -0.15) is 4.31 Å². The van der Waals surface area contributed by atoms with E-state index in [1.54, 1.807) is 11.8 Å². The smallest absolute Gasteiger partial charge is 0.244 e. The summed E-state index contributed by atoms with van der Waals surface area (Å²) in [6, 6.07) is 21.2. The second kappa shape index (κ2) is 11.9. The lowest BCUT2D eigenvalue weighted by Crippen LogP contribution is -2.42. The summed E-state index contributed by atoms with van der Waals surface area (Å²) in [7, 11) is -3.88. The molecule has 7 heteroatoms. The predicted molar refractivity (Wildman–Crippen MR) is 144 cm³/mol. The average Bonchev–Trinajstić information content (AvgIpc) is 2.81. The third kappa shape index (κ3) is 6.97. The zero-order valence-electron chi connectivity index (χ0n) is 21.0. The number of thioether (sulfide) groups is 1. The highest BCUT2D eigenvalue weighted by Crippen LogP contribution is 2.26. The Morgan fingerprint density at radius 2 is 1.57 bits per heavy atom. The number of nitrogens with one attached hydrogen (secondary N) is 1. The number of carbonyl (C=O) groups is 1. The summed E-state index contributed by atoms with van der Waals surface area (Å²) in [5.74, 6) is -0.328. The fourth-order valence-electron chi connectivity index (χ4n) is 4.31. The molecular weight excluding hydrogens is 476 g/mol. The number of hydrogen-bond donors (Lipinski definition) is 1. The molecule has 0 aliphatic carbocycles. The first-order valence-electron chi connectivity index (χ1n) is 11.7. The first kappa shape index (κ1) is 27.0. The van der Waals surface area contributed by atoms with Crippen LogP contribution in [0.25, 0.3) is 0 Å². The van der Waals surface area contributed by atoms with Crippen molar-refractivity contribution >= 4 is 27.7 Å². The van der Waals surface area contributed by atoms with E-state index in [0.29, 0.717) is 17.5 Å². The Labute approximate surface area is 214 Å². The van der Waals surface area contributed by atoms with Crippen LogP contribution in [-0.2, 0) is 21.2 Å². The Morgan fingerprint density at radius 3 is 2.14 bits per heavy atom. The number of carbonyl (C=O) groups excluding carboxylic acids is 1. The maximum atomic E-state index is 13.8.